The lowest BCUT2D eigenvalue weighted by Gasteiger charge is -2.16. The summed E-state index contributed by atoms with van der Waals surface area (Å²) < 4.78 is 13.9. The normalized spacial score (nSPS) is 15.6. The van der Waals surface area contributed by atoms with Gasteiger partial charge in [-0.1, -0.05) is 24.3 Å². The van der Waals surface area contributed by atoms with Crippen LogP contribution in [0.4, 0.5) is 11.4 Å². The first-order valence-corrected chi connectivity index (χ1v) is 10.9. The first kappa shape index (κ1) is 23.1. The van der Waals surface area contributed by atoms with Gasteiger partial charge in [0.2, 0.25) is 5.69 Å². The Labute approximate surface area is 178 Å². The van der Waals surface area contributed by atoms with Gasteiger partial charge in [-0.3, -0.25) is 4.57 Å². The largest absolute Gasteiger partial charge is 1.00 e. The van der Waals surface area contributed by atoms with Crippen LogP contribution in [0, 0.1) is 0 Å². The molecule has 0 bridgehead atoms. The summed E-state index contributed by atoms with van der Waals surface area (Å²) in [6.07, 6.45) is 7.85. The highest BCUT2D eigenvalue weighted by Crippen LogP contribution is 2.42. The Kier molecular flexibility index (Phi) is 7.25. The van der Waals surface area contributed by atoms with Crippen LogP contribution in [0.5, 0.6) is 0 Å². The van der Waals surface area contributed by atoms with Crippen LogP contribution >= 0.6 is 7.60 Å². The van der Waals surface area contributed by atoms with Crippen molar-refractivity contribution in [2.45, 2.75) is 26.2 Å². The summed E-state index contributed by atoms with van der Waals surface area (Å²) in [5.41, 5.74) is 3.69. The van der Waals surface area contributed by atoms with Crippen LogP contribution < -0.4 is 23.0 Å². The predicted octanol–water partition coefficient (Wildman–Crippen LogP) is 1.07. The molecule has 0 fully saturated rings. The van der Waals surface area contributed by atoms with E-state index in [2.05, 4.69) is 36.7 Å². The number of nitrogens with one attached hydrogen (secondary N) is 1. The summed E-state index contributed by atoms with van der Waals surface area (Å²) in [7, 11) is -4.28. The average molecular weight is 433 g/mol. The summed E-state index contributed by atoms with van der Waals surface area (Å²) in [5, 5.41) is 3.28. The molecule has 0 spiro atoms. The van der Waals surface area contributed by atoms with Gasteiger partial charge in [0.1, 0.15) is 6.54 Å². The lowest BCUT2D eigenvalue weighted by Crippen LogP contribution is -3.00. The second-order valence-electron chi connectivity index (χ2n) is 7.23. The molecule has 5 nitrogen and oxygen atoms in total. The molecule has 3 rings (SSSR count). The molecule has 29 heavy (non-hydrogen) atoms. The van der Waals surface area contributed by atoms with E-state index in [-0.39, 0.29) is 23.1 Å². The zero-order valence-electron chi connectivity index (χ0n) is 16.7. The maximum absolute atomic E-state index is 11.7. The van der Waals surface area contributed by atoms with E-state index in [4.69, 9.17) is 0 Å². The van der Waals surface area contributed by atoms with Crippen molar-refractivity contribution in [3.05, 3.63) is 78.5 Å². The van der Waals surface area contributed by atoms with Gasteiger partial charge in [0.15, 0.2) is 5.71 Å². The molecule has 0 atom stereocenters. The van der Waals surface area contributed by atoms with Gasteiger partial charge in [0, 0.05) is 29.6 Å². The number of halogens is 1. The topological polar surface area (TPSA) is 72.6 Å². The fourth-order valence-electron chi connectivity index (χ4n) is 3.57. The number of fused-ring (bicyclic) bond motifs is 1. The smallest absolute Gasteiger partial charge is 0.356 e. The highest BCUT2D eigenvalue weighted by molar-refractivity contribution is 7.60. The lowest BCUT2D eigenvalue weighted by molar-refractivity contribution is -0.433. The zero-order chi connectivity index (χ0) is 20.4. The Balaban J connectivity index is 0.00000300. The number of benzene rings is 2. The maximum Gasteiger partial charge on any atom is 0.356 e. The molecule has 0 radical (unpaired) electrons. The second-order valence-corrected chi connectivity index (χ2v) is 8.83. The van der Waals surface area contributed by atoms with Gasteiger partial charge in [0.25, 0.3) is 0 Å². The fourth-order valence-corrected chi connectivity index (χ4v) is 4.13. The predicted molar refractivity (Wildman–Crippen MR) is 115 cm³/mol. The van der Waals surface area contributed by atoms with Crippen molar-refractivity contribution in [2.24, 2.45) is 0 Å². The molecule has 1 heterocycles. The first-order chi connectivity index (χ1) is 13.2. The SMILES string of the molecule is CC[N+]1=C(/C=C/C=C/Nc2ccccc2)C(C)(C)c2cc(P(=O)(O)O)ccc21.[Cl-]. The molecule has 2 aromatic rings. The Bertz CT molecular complexity index is 1010. The van der Waals surface area contributed by atoms with E-state index in [0.717, 1.165) is 29.2 Å². The third-order valence-corrected chi connectivity index (χ3v) is 5.96. The number of para-hydroxylation sites is 1. The van der Waals surface area contributed by atoms with Crippen LogP contribution in [0.2, 0.25) is 0 Å². The second kappa shape index (κ2) is 9.10. The molecular formula is C22H26ClN2O3P. The number of anilines is 1. The molecule has 0 aliphatic carbocycles. The van der Waals surface area contributed by atoms with Crippen molar-refractivity contribution >= 4 is 30.0 Å². The van der Waals surface area contributed by atoms with Gasteiger partial charge in [-0.2, -0.15) is 4.58 Å². The van der Waals surface area contributed by atoms with E-state index in [0.29, 0.717) is 0 Å². The summed E-state index contributed by atoms with van der Waals surface area (Å²) >= 11 is 0. The Morgan fingerprint density at radius 2 is 1.79 bits per heavy atom. The molecule has 0 aromatic heterocycles. The van der Waals surface area contributed by atoms with E-state index in [9.17, 15) is 14.4 Å². The number of hydrogen-bond acceptors (Lipinski definition) is 2. The van der Waals surface area contributed by atoms with Crippen LogP contribution in [-0.2, 0) is 9.98 Å². The number of rotatable bonds is 6. The standard InChI is InChI=1S/C22H25N2O3P.ClH/c1-4-24-20-14-13-18(28(25,26)27)16-19(20)22(2,3)21(24)12-8-9-15-23-17-10-6-5-7-11-17;/h5-16H,4H2,1-3H3,(H2,25,26,27);1H. The molecule has 1 aliphatic heterocycles. The van der Waals surface area contributed by atoms with Crippen molar-refractivity contribution in [3.63, 3.8) is 0 Å². The molecule has 1 aliphatic rings. The van der Waals surface area contributed by atoms with E-state index < -0.39 is 7.60 Å². The molecule has 0 unspecified atom stereocenters. The number of hydrogen-bond donors (Lipinski definition) is 3. The van der Waals surface area contributed by atoms with Crippen molar-refractivity contribution in [1.29, 1.82) is 0 Å². The van der Waals surface area contributed by atoms with Crippen LogP contribution in [-0.4, -0.2) is 26.6 Å². The minimum atomic E-state index is -4.28. The molecule has 0 saturated heterocycles. The third kappa shape index (κ3) is 4.88. The van der Waals surface area contributed by atoms with E-state index in [1.807, 2.05) is 54.8 Å². The van der Waals surface area contributed by atoms with E-state index >= 15 is 0 Å². The molecule has 3 N–H and O–H groups in total. The van der Waals surface area contributed by atoms with E-state index in [1.165, 1.54) is 6.07 Å². The minimum absolute atomic E-state index is 0. The van der Waals surface area contributed by atoms with Crippen molar-refractivity contribution in [2.75, 3.05) is 11.9 Å². The number of nitrogens with zero attached hydrogens (tertiary/aromatic N) is 1. The monoisotopic (exact) mass is 432 g/mol. The molecule has 0 amide bonds. The fraction of sp³-hybridized carbons (Fsp3) is 0.227. The van der Waals surface area contributed by atoms with E-state index in [1.54, 1.807) is 6.07 Å². The van der Waals surface area contributed by atoms with Gasteiger partial charge < -0.3 is 27.5 Å². The molecule has 7 heteroatoms. The highest BCUT2D eigenvalue weighted by atomic mass is 35.5. The van der Waals surface area contributed by atoms with Crippen LogP contribution in [0.25, 0.3) is 0 Å². The third-order valence-electron chi connectivity index (χ3n) is 5.01. The quantitative estimate of drug-likeness (QED) is 0.363. The number of allylic oxidation sites excluding steroid dienone is 3. The summed E-state index contributed by atoms with van der Waals surface area (Å²) in [4.78, 5) is 19.1. The summed E-state index contributed by atoms with van der Waals surface area (Å²) in [6, 6.07) is 14.9. The maximum atomic E-state index is 11.7. The summed E-state index contributed by atoms with van der Waals surface area (Å²) in [5.74, 6) is 0. The molecule has 154 valence electrons. The lowest BCUT2D eigenvalue weighted by atomic mass is 9.81. The van der Waals surface area contributed by atoms with Crippen LogP contribution in [0.3, 0.4) is 0 Å². The van der Waals surface area contributed by atoms with Crippen molar-refractivity contribution in [1.82, 2.24) is 0 Å². The summed E-state index contributed by atoms with van der Waals surface area (Å²) in [6.45, 7) is 7.01. The zero-order valence-corrected chi connectivity index (χ0v) is 18.4. The van der Waals surface area contributed by atoms with Gasteiger partial charge in [-0.25, -0.2) is 0 Å². The van der Waals surface area contributed by atoms with Gasteiger partial charge in [0.05, 0.1) is 10.7 Å². The minimum Gasteiger partial charge on any atom is -1.00 e. The van der Waals surface area contributed by atoms with Crippen molar-refractivity contribution < 1.29 is 31.3 Å². The van der Waals surface area contributed by atoms with Crippen LogP contribution in [0.15, 0.2) is 73.0 Å². The Hall–Kier alpha value is -2.17. The Morgan fingerprint density at radius 3 is 2.41 bits per heavy atom. The molecule has 2 aromatic carbocycles. The van der Waals surface area contributed by atoms with Gasteiger partial charge in [-0.15, -0.1) is 0 Å². The molecular weight excluding hydrogens is 407 g/mol. The van der Waals surface area contributed by atoms with Gasteiger partial charge in [-0.05, 0) is 51.1 Å². The average Bonchev–Trinajstić information content (AvgIpc) is 2.88. The van der Waals surface area contributed by atoms with Gasteiger partial charge >= 0.3 is 7.60 Å². The first-order valence-electron chi connectivity index (χ1n) is 9.25. The molecule has 0 saturated carbocycles. The highest BCUT2D eigenvalue weighted by Gasteiger charge is 2.44. The van der Waals surface area contributed by atoms with Crippen LogP contribution in [0.1, 0.15) is 26.3 Å². The van der Waals surface area contributed by atoms with Crippen molar-refractivity contribution in [3.8, 4) is 0 Å². The Morgan fingerprint density at radius 1 is 1.10 bits per heavy atom.